The van der Waals surface area contributed by atoms with Crippen LogP contribution in [0.25, 0.3) is 0 Å². The van der Waals surface area contributed by atoms with Gasteiger partial charge in [-0.05, 0) is 30.4 Å². The van der Waals surface area contributed by atoms with Gasteiger partial charge in [0.15, 0.2) is 5.11 Å². The van der Waals surface area contributed by atoms with Crippen molar-refractivity contribution in [2.75, 3.05) is 43.6 Å². The highest BCUT2D eigenvalue weighted by atomic mass is 32.1. The molecule has 1 amide bonds. The highest BCUT2D eigenvalue weighted by molar-refractivity contribution is 7.80. The number of methoxy groups -OCH3 is 1. The van der Waals surface area contributed by atoms with Gasteiger partial charge in [-0.1, -0.05) is 6.07 Å². The Balaban J connectivity index is 1.95. The van der Waals surface area contributed by atoms with Gasteiger partial charge in [0, 0.05) is 25.0 Å². The standard InChI is InChI=1S/C13H17N3O3S/c1-18-7-5-14-12(20)15-10-3-2-4-11(9-10)16-6-8-19-13(16)17/h2-4,9H,5-8H2,1H3,(H2,14,15,20). The number of nitrogens with zero attached hydrogens (tertiary/aromatic N) is 1. The molecule has 0 spiro atoms. The van der Waals surface area contributed by atoms with Crippen LogP contribution in [-0.4, -0.2) is 44.6 Å². The largest absolute Gasteiger partial charge is 0.447 e. The maximum Gasteiger partial charge on any atom is 0.414 e. The van der Waals surface area contributed by atoms with Crippen LogP contribution in [0.2, 0.25) is 0 Å². The van der Waals surface area contributed by atoms with Gasteiger partial charge < -0.3 is 20.1 Å². The number of carbonyl (C=O) groups excluding carboxylic acids is 1. The average molecular weight is 295 g/mol. The molecule has 1 fully saturated rings. The highest BCUT2D eigenvalue weighted by Gasteiger charge is 2.23. The van der Waals surface area contributed by atoms with Crippen molar-refractivity contribution in [3.63, 3.8) is 0 Å². The van der Waals surface area contributed by atoms with Crippen LogP contribution >= 0.6 is 12.2 Å². The molecule has 2 N–H and O–H groups in total. The van der Waals surface area contributed by atoms with Crippen LogP contribution in [0, 0.1) is 0 Å². The SMILES string of the molecule is COCCNC(=S)Nc1cccc(N2CCOC2=O)c1. The lowest BCUT2D eigenvalue weighted by atomic mass is 10.2. The molecule has 0 aliphatic carbocycles. The second kappa shape index (κ2) is 7.06. The Morgan fingerprint density at radius 1 is 1.55 bits per heavy atom. The number of carbonyl (C=O) groups is 1. The number of ether oxygens (including phenoxy) is 2. The number of cyclic esters (lactones) is 1. The topological polar surface area (TPSA) is 62.8 Å². The van der Waals surface area contributed by atoms with Gasteiger partial charge in [0.25, 0.3) is 0 Å². The zero-order chi connectivity index (χ0) is 14.4. The van der Waals surface area contributed by atoms with E-state index in [9.17, 15) is 4.79 Å². The Bertz CT molecular complexity index is 496. The summed E-state index contributed by atoms with van der Waals surface area (Å²) in [6.45, 7) is 2.22. The number of thiocarbonyl (C=S) groups is 1. The Kier molecular flexibility index (Phi) is 5.14. The number of nitrogens with one attached hydrogen (secondary N) is 2. The molecule has 1 heterocycles. The summed E-state index contributed by atoms with van der Waals surface area (Å²) in [7, 11) is 1.64. The van der Waals surface area contributed by atoms with Gasteiger partial charge >= 0.3 is 6.09 Å². The lowest BCUT2D eigenvalue weighted by molar-refractivity contribution is 0.181. The van der Waals surface area contributed by atoms with E-state index in [1.54, 1.807) is 12.0 Å². The van der Waals surface area contributed by atoms with E-state index in [-0.39, 0.29) is 6.09 Å². The second-order valence-electron chi connectivity index (χ2n) is 4.19. The average Bonchev–Trinajstić information content (AvgIpc) is 2.85. The summed E-state index contributed by atoms with van der Waals surface area (Å²) in [6, 6.07) is 7.46. The molecule has 0 atom stereocenters. The number of amides is 1. The summed E-state index contributed by atoms with van der Waals surface area (Å²) in [5.74, 6) is 0. The Labute approximate surface area is 123 Å². The molecule has 6 nitrogen and oxygen atoms in total. The smallest absolute Gasteiger partial charge is 0.414 e. The molecule has 0 bridgehead atoms. The molecule has 108 valence electrons. The van der Waals surface area contributed by atoms with E-state index in [1.807, 2.05) is 24.3 Å². The Morgan fingerprint density at radius 3 is 3.10 bits per heavy atom. The van der Waals surface area contributed by atoms with E-state index in [0.29, 0.717) is 31.4 Å². The van der Waals surface area contributed by atoms with Crippen molar-refractivity contribution in [3.05, 3.63) is 24.3 Å². The van der Waals surface area contributed by atoms with E-state index < -0.39 is 0 Å². The molecule has 0 unspecified atom stereocenters. The number of hydrogen-bond acceptors (Lipinski definition) is 4. The van der Waals surface area contributed by atoms with Crippen LogP contribution in [0.4, 0.5) is 16.2 Å². The fourth-order valence-electron chi connectivity index (χ4n) is 1.82. The quantitative estimate of drug-likeness (QED) is 0.635. The zero-order valence-corrected chi connectivity index (χ0v) is 12.0. The first-order valence-electron chi connectivity index (χ1n) is 6.29. The van der Waals surface area contributed by atoms with Crippen molar-refractivity contribution in [2.24, 2.45) is 0 Å². The van der Waals surface area contributed by atoms with E-state index >= 15 is 0 Å². The molecule has 1 aliphatic heterocycles. The van der Waals surface area contributed by atoms with E-state index in [0.717, 1.165) is 11.4 Å². The van der Waals surface area contributed by atoms with Crippen LogP contribution < -0.4 is 15.5 Å². The van der Waals surface area contributed by atoms with Gasteiger partial charge in [-0.25, -0.2) is 4.79 Å². The summed E-state index contributed by atoms with van der Waals surface area (Å²) in [5, 5.41) is 6.60. The maximum atomic E-state index is 11.5. The third kappa shape index (κ3) is 3.82. The molecule has 1 aromatic rings. The lowest BCUT2D eigenvalue weighted by Crippen LogP contribution is -2.31. The lowest BCUT2D eigenvalue weighted by Gasteiger charge is -2.15. The Morgan fingerprint density at radius 2 is 2.40 bits per heavy atom. The van der Waals surface area contributed by atoms with Gasteiger partial charge in [-0.2, -0.15) is 0 Å². The third-order valence-corrected chi connectivity index (χ3v) is 3.01. The third-order valence-electron chi connectivity index (χ3n) is 2.77. The number of benzene rings is 1. The molecule has 1 aromatic carbocycles. The normalized spacial score (nSPS) is 14.1. The molecule has 0 aromatic heterocycles. The molecule has 1 saturated heterocycles. The van der Waals surface area contributed by atoms with Gasteiger partial charge in [0.2, 0.25) is 0 Å². The van der Waals surface area contributed by atoms with E-state index in [2.05, 4.69) is 10.6 Å². The minimum Gasteiger partial charge on any atom is -0.447 e. The van der Waals surface area contributed by atoms with Gasteiger partial charge in [0.05, 0.1) is 13.2 Å². The minimum atomic E-state index is -0.317. The van der Waals surface area contributed by atoms with Crippen molar-refractivity contribution < 1.29 is 14.3 Å². The van der Waals surface area contributed by atoms with Crippen molar-refractivity contribution in [1.82, 2.24) is 5.32 Å². The summed E-state index contributed by atoms with van der Waals surface area (Å²) < 4.78 is 9.85. The number of hydrogen-bond donors (Lipinski definition) is 2. The molecule has 7 heteroatoms. The van der Waals surface area contributed by atoms with Gasteiger partial charge in [-0.15, -0.1) is 0 Å². The summed E-state index contributed by atoms with van der Waals surface area (Å²) >= 11 is 5.17. The minimum absolute atomic E-state index is 0.317. The van der Waals surface area contributed by atoms with Crippen LogP contribution in [0.3, 0.4) is 0 Å². The Hall–Kier alpha value is -1.86. The van der Waals surface area contributed by atoms with Crippen molar-refractivity contribution in [1.29, 1.82) is 0 Å². The van der Waals surface area contributed by atoms with Crippen molar-refractivity contribution in [3.8, 4) is 0 Å². The molecule has 0 saturated carbocycles. The monoisotopic (exact) mass is 295 g/mol. The molecule has 1 aliphatic rings. The van der Waals surface area contributed by atoms with E-state index in [1.165, 1.54) is 0 Å². The fourth-order valence-corrected chi connectivity index (χ4v) is 2.04. The fraction of sp³-hybridized carbons (Fsp3) is 0.385. The van der Waals surface area contributed by atoms with E-state index in [4.69, 9.17) is 21.7 Å². The number of rotatable bonds is 5. The predicted octanol–water partition coefficient (Wildman–Crippen LogP) is 1.58. The first kappa shape index (κ1) is 14.5. The van der Waals surface area contributed by atoms with Crippen molar-refractivity contribution in [2.45, 2.75) is 0 Å². The van der Waals surface area contributed by atoms with Crippen LogP contribution in [0.5, 0.6) is 0 Å². The van der Waals surface area contributed by atoms with Gasteiger partial charge in [0.1, 0.15) is 6.61 Å². The molecular weight excluding hydrogens is 278 g/mol. The summed E-state index contributed by atoms with van der Waals surface area (Å²) in [4.78, 5) is 13.1. The molecule has 0 radical (unpaired) electrons. The molecule has 20 heavy (non-hydrogen) atoms. The number of anilines is 2. The predicted molar refractivity (Wildman–Crippen MR) is 81.2 cm³/mol. The molecule has 2 rings (SSSR count). The van der Waals surface area contributed by atoms with Crippen LogP contribution in [-0.2, 0) is 9.47 Å². The van der Waals surface area contributed by atoms with Gasteiger partial charge in [-0.3, -0.25) is 4.90 Å². The van der Waals surface area contributed by atoms with Crippen molar-refractivity contribution >= 4 is 34.8 Å². The summed E-state index contributed by atoms with van der Waals surface area (Å²) in [6.07, 6.45) is -0.317. The maximum absolute atomic E-state index is 11.5. The molecular formula is C13H17N3O3S. The first-order chi connectivity index (χ1) is 9.70. The highest BCUT2D eigenvalue weighted by Crippen LogP contribution is 2.22. The summed E-state index contributed by atoms with van der Waals surface area (Å²) in [5.41, 5.74) is 1.61. The first-order valence-corrected chi connectivity index (χ1v) is 6.69. The zero-order valence-electron chi connectivity index (χ0n) is 11.2. The van der Waals surface area contributed by atoms with Crippen LogP contribution in [0.15, 0.2) is 24.3 Å². The second-order valence-corrected chi connectivity index (χ2v) is 4.60. The van der Waals surface area contributed by atoms with Crippen LogP contribution in [0.1, 0.15) is 0 Å².